The largest absolute Gasteiger partial charge is 0.512 e. The molecule has 2 heterocycles. The molecule has 2 aromatic heterocycles. The van der Waals surface area contributed by atoms with Crippen molar-refractivity contribution in [3.8, 4) is 11.4 Å². The Balaban J connectivity index is 0.000000309. The van der Waals surface area contributed by atoms with Gasteiger partial charge in [0.25, 0.3) is 0 Å². The Morgan fingerprint density at radius 2 is 1.61 bits per heavy atom. The quantitative estimate of drug-likeness (QED) is 0.0963. The van der Waals surface area contributed by atoms with E-state index < -0.39 is 11.7 Å². The molecule has 5 aromatic rings. The molecule has 5 rings (SSSR count). The number of carbonyl (C=O) groups is 1. The van der Waals surface area contributed by atoms with E-state index in [4.69, 9.17) is 0 Å². The van der Waals surface area contributed by atoms with Crippen LogP contribution in [0.4, 0.5) is 13.2 Å². The predicted octanol–water partition coefficient (Wildman–Crippen LogP) is 11.4. The van der Waals surface area contributed by atoms with Gasteiger partial charge in [-0.25, -0.2) is 0 Å². The summed E-state index contributed by atoms with van der Waals surface area (Å²) in [4.78, 5) is 17.1. The summed E-state index contributed by atoms with van der Waals surface area (Å²) in [6, 6.07) is 17.4. The third-order valence-electron chi connectivity index (χ3n) is 8.38. The number of thiazole rings is 1. The number of aromatic nitrogens is 2. The number of imidazole rings is 1. The number of rotatable bonds is 8. The molecule has 0 unspecified atom stereocenters. The van der Waals surface area contributed by atoms with Crippen molar-refractivity contribution in [3.63, 3.8) is 0 Å². The van der Waals surface area contributed by atoms with Gasteiger partial charge in [0.2, 0.25) is 0 Å². The number of nitrogens with zero attached hydrogens (tertiary/aromatic N) is 2. The van der Waals surface area contributed by atoms with Crippen LogP contribution in [0.5, 0.6) is 0 Å². The molecule has 0 amide bonds. The molecule has 46 heavy (non-hydrogen) atoms. The molecule has 0 saturated heterocycles. The summed E-state index contributed by atoms with van der Waals surface area (Å²) in [6.45, 7) is 14.5. The number of aliphatic hydroxyl groups is 1. The molecule has 1 N–H and O–H groups in total. The fourth-order valence-corrected chi connectivity index (χ4v) is 6.65. The fraction of sp³-hybridized carbons (Fsp3) is 0.405. The molecule has 9 heteroatoms. The second-order valence-corrected chi connectivity index (χ2v) is 13.5. The molecule has 4 nitrogen and oxygen atoms in total. The average Bonchev–Trinajstić information content (AvgIpc) is 3.56. The molecule has 0 aliphatic rings. The molecule has 0 saturated carbocycles. The van der Waals surface area contributed by atoms with Crippen molar-refractivity contribution >= 4 is 42.9 Å². The van der Waals surface area contributed by atoms with Crippen LogP contribution in [0.25, 0.3) is 37.2 Å². The Bertz CT molecular complexity index is 1820. The van der Waals surface area contributed by atoms with Crippen LogP contribution in [0, 0.1) is 17.9 Å². The van der Waals surface area contributed by atoms with Crippen LogP contribution in [0.15, 0.2) is 66.6 Å². The number of aliphatic hydroxyl groups excluding tert-OH is 1. The summed E-state index contributed by atoms with van der Waals surface area (Å²) in [5, 5.41) is 11.8. The molecular formula is C37H42F3IrN2O2S-. The van der Waals surface area contributed by atoms with E-state index in [-0.39, 0.29) is 48.9 Å². The molecule has 0 aliphatic carbocycles. The van der Waals surface area contributed by atoms with Crippen molar-refractivity contribution in [2.75, 3.05) is 0 Å². The van der Waals surface area contributed by atoms with Gasteiger partial charge in [-0.15, -0.1) is 40.5 Å². The molecule has 0 atom stereocenters. The van der Waals surface area contributed by atoms with Gasteiger partial charge in [-0.2, -0.15) is 13.2 Å². The standard InChI is InChI=1S/C24H18F3N2S.C13H24O2.Ir/c1-23(2,3)18-11-15(10-14-6-4-5-7-17(14)18)22-28-13-21-29(22)19-12-16(24(25,26)27)8-9-20(19)30-21;1-5-10(6-2)12(14)9-13(15)11(7-3)8-4;/h4-9,11-13H,1-3H3;9-11,14H,5-8H2,1-4H3;/q-1;;/b;12-9-;. The Kier molecular flexibility index (Phi) is 12.4. The van der Waals surface area contributed by atoms with Crippen molar-refractivity contribution < 1.29 is 43.2 Å². The summed E-state index contributed by atoms with van der Waals surface area (Å²) in [5.41, 5.74) is 1.67. The van der Waals surface area contributed by atoms with Gasteiger partial charge in [-0.1, -0.05) is 77.6 Å². The van der Waals surface area contributed by atoms with Crippen molar-refractivity contribution in [1.29, 1.82) is 0 Å². The topological polar surface area (TPSA) is 54.6 Å². The average molecular weight is 828 g/mol. The van der Waals surface area contributed by atoms with Gasteiger partial charge >= 0.3 is 6.18 Å². The zero-order valence-corrected chi connectivity index (χ0v) is 30.6. The van der Waals surface area contributed by atoms with E-state index in [2.05, 4.69) is 44.0 Å². The maximum absolute atomic E-state index is 13.3. The van der Waals surface area contributed by atoms with E-state index >= 15 is 0 Å². The van der Waals surface area contributed by atoms with Crippen LogP contribution in [0.2, 0.25) is 0 Å². The number of hydrogen-bond acceptors (Lipinski definition) is 4. The molecule has 1 radical (unpaired) electrons. The summed E-state index contributed by atoms with van der Waals surface area (Å²) in [7, 11) is 0. The molecule has 0 bridgehead atoms. The number of benzene rings is 3. The van der Waals surface area contributed by atoms with E-state index in [9.17, 15) is 23.1 Å². The van der Waals surface area contributed by atoms with Crippen molar-refractivity contribution in [3.05, 3.63) is 83.8 Å². The second kappa shape index (κ2) is 15.3. The van der Waals surface area contributed by atoms with Crippen LogP contribution in [0.3, 0.4) is 0 Å². The first kappa shape index (κ1) is 37.5. The number of carbonyl (C=O) groups excluding carboxylic acids is 1. The molecule has 0 spiro atoms. The Morgan fingerprint density at radius 1 is 0.978 bits per heavy atom. The number of ketones is 1. The van der Waals surface area contributed by atoms with Crippen LogP contribution >= 0.6 is 11.3 Å². The second-order valence-electron chi connectivity index (χ2n) is 12.4. The van der Waals surface area contributed by atoms with Gasteiger partial charge in [-0.05, 0) is 49.3 Å². The molecule has 249 valence electrons. The summed E-state index contributed by atoms with van der Waals surface area (Å²) in [5.74, 6) is 1.15. The summed E-state index contributed by atoms with van der Waals surface area (Å²) < 4.78 is 42.5. The van der Waals surface area contributed by atoms with Crippen molar-refractivity contribution in [2.24, 2.45) is 11.8 Å². The summed E-state index contributed by atoms with van der Waals surface area (Å²) in [6.07, 6.45) is 2.23. The maximum Gasteiger partial charge on any atom is 0.416 e. The van der Waals surface area contributed by atoms with Gasteiger partial charge < -0.3 is 9.51 Å². The fourth-order valence-electron chi connectivity index (χ4n) is 5.65. The Labute approximate surface area is 287 Å². The Morgan fingerprint density at radius 3 is 2.20 bits per heavy atom. The van der Waals surface area contributed by atoms with Gasteiger partial charge in [0, 0.05) is 38.0 Å². The van der Waals surface area contributed by atoms with E-state index in [0.29, 0.717) is 11.3 Å². The number of alkyl halides is 3. The van der Waals surface area contributed by atoms with Gasteiger partial charge in [0.15, 0.2) is 5.78 Å². The van der Waals surface area contributed by atoms with E-state index in [1.807, 2.05) is 50.3 Å². The van der Waals surface area contributed by atoms with Crippen molar-refractivity contribution in [1.82, 2.24) is 9.38 Å². The normalized spacial score (nSPS) is 12.6. The SMILES string of the molecule is CC(C)(C)c1cc(-c2ncc3sc4ccc(C(F)(F)F)cc4n23)[c-]c2ccccc12.CCC(CC)C(=O)/C=C(\O)C(CC)CC.[Ir]. The summed E-state index contributed by atoms with van der Waals surface area (Å²) >= 11 is 1.43. The van der Waals surface area contributed by atoms with Crippen LogP contribution in [0.1, 0.15) is 85.3 Å². The smallest absolute Gasteiger partial charge is 0.416 e. The van der Waals surface area contributed by atoms with Crippen LogP contribution < -0.4 is 0 Å². The van der Waals surface area contributed by atoms with Gasteiger partial charge in [-0.3, -0.25) is 9.78 Å². The maximum atomic E-state index is 13.3. The van der Waals surface area contributed by atoms with E-state index in [0.717, 1.165) is 63.2 Å². The minimum Gasteiger partial charge on any atom is -0.512 e. The van der Waals surface area contributed by atoms with E-state index in [1.165, 1.54) is 29.5 Å². The Hall–Kier alpha value is -3.00. The van der Waals surface area contributed by atoms with Crippen LogP contribution in [-0.2, 0) is 36.5 Å². The first-order valence-corrected chi connectivity index (χ1v) is 16.4. The molecule has 0 aliphatic heterocycles. The van der Waals surface area contributed by atoms with Gasteiger partial charge in [0.05, 0.1) is 33.6 Å². The van der Waals surface area contributed by atoms with Crippen LogP contribution in [-0.4, -0.2) is 20.3 Å². The minimum atomic E-state index is -4.39. The monoisotopic (exact) mass is 828 g/mol. The number of hydrogen-bond donors (Lipinski definition) is 1. The number of halogens is 3. The predicted molar refractivity (Wildman–Crippen MR) is 180 cm³/mol. The van der Waals surface area contributed by atoms with Gasteiger partial charge in [0.1, 0.15) is 4.83 Å². The first-order valence-electron chi connectivity index (χ1n) is 15.6. The molecular weight excluding hydrogens is 786 g/mol. The zero-order chi connectivity index (χ0) is 33.1. The minimum absolute atomic E-state index is 0. The third kappa shape index (κ3) is 8.10. The first-order chi connectivity index (χ1) is 21.2. The molecule has 3 aromatic carbocycles. The van der Waals surface area contributed by atoms with Crippen molar-refractivity contribution in [2.45, 2.75) is 85.7 Å². The van der Waals surface area contributed by atoms with E-state index in [1.54, 1.807) is 6.20 Å². The third-order valence-corrected chi connectivity index (χ3v) is 9.44. The number of allylic oxidation sites excluding steroid dienone is 2. The number of fused-ring (bicyclic) bond motifs is 4. The molecule has 0 fully saturated rings. The zero-order valence-electron chi connectivity index (χ0n) is 27.4.